The second-order valence-electron chi connectivity index (χ2n) is 3.70. The molecule has 0 aliphatic rings. The van der Waals surface area contributed by atoms with Gasteiger partial charge in [0.25, 0.3) is 0 Å². The largest absolute Gasteiger partial charge is 0.360 e. The predicted octanol–water partition coefficient (Wildman–Crippen LogP) is 2.39. The Labute approximate surface area is 115 Å². The molecular weight excluding hydrogens is 264 g/mol. The van der Waals surface area contributed by atoms with Gasteiger partial charge >= 0.3 is 0 Å². The fraction of sp³-hybridized carbons (Fsp3) is 0.167. The molecule has 2 aromatic rings. The van der Waals surface area contributed by atoms with E-state index in [0.717, 1.165) is 17.7 Å². The van der Waals surface area contributed by atoms with Gasteiger partial charge in [-0.1, -0.05) is 24.6 Å². The van der Waals surface area contributed by atoms with Crippen molar-refractivity contribution in [3.05, 3.63) is 40.8 Å². The SMILES string of the molecule is CCc1ccc(Cl)cc1NC=C(C#N)c1nn[nH]n1. The molecular formula is C12H11ClN6. The van der Waals surface area contributed by atoms with Crippen LogP contribution < -0.4 is 5.32 Å². The lowest BCUT2D eigenvalue weighted by Crippen LogP contribution is -1.96. The number of halogens is 1. The van der Waals surface area contributed by atoms with Crippen molar-refractivity contribution in [1.29, 1.82) is 5.26 Å². The molecule has 19 heavy (non-hydrogen) atoms. The summed E-state index contributed by atoms with van der Waals surface area (Å²) in [6.45, 7) is 2.04. The molecule has 0 bridgehead atoms. The summed E-state index contributed by atoms with van der Waals surface area (Å²) in [6.07, 6.45) is 2.40. The van der Waals surface area contributed by atoms with E-state index in [4.69, 9.17) is 16.9 Å². The molecule has 1 heterocycles. The number of hydrogen-bond donors (Lipinski definition) is 2. The number of rotatable bonds is 4. The second-order valence-corrected chi connectivity index (χ2v) is 4.14. The lowest BCUT2D eigenvalue weighted by atomic mass is 10.1. The normalized spacial score (nSPS) is 11.1. The first-order valence-corrected chi connectivity index (χ1v) is 6.01. The maximum absolute atomic E-state index is 9.05. The van der Waals surface area contributed by atoms with Gasteiger partial charge < -0.3 is 5.32 Å². The van der Waals surface area contributed by atoms with Crippen LogP contribution in [0.5, 0.6) is 0 Å². The quantitative estimate of drug-likeness (QED) is 0.836. The summed E-state index contributed by atoms with van der Waals surface area (Å²) in [5.74, 6) is 0.245. The molecule has 0 spiro atoms. The fourth-order valence-electron chi connectivity index (χ4n) is 1.56. The van der Waals surface area contributed by atoms with Gasteiger partial charge in [0.2, 0.25) is 5.82 Å². The Morgan fingerprint density at radius 1 is 1.58 bits per heavy atom. The van der Waals surface area contributed by atoms with Crippen LogP contribution in [0, 0.1) is 11.3 Å². The zero-order valence-corrected chi connectivity index (χ0v) is 10.9. The van der Waals surface area contributed by atoms with Crippen LogP contribution in [0.2, 0.25) is 5.02 Å². The van der Waals surface area contributed by atoms with E-state index in [9.17, 15) is 0 Å². The number of nitriles is 1. The van der Waals surface area contributed by atoms with Gasteiger partial charge in [0.05, 0.1) is 0 Å². The van der Waals surface area contributed by atoms with Crippen molar-refractivity contribution >= 4 is 22.9 Å². The summed E-state index contributed by atoms with van der Waals surface area (Å²) in [5, 5.41) is 26.0. The standard InChI is InChI=1S/C12H11ClN6/c1-2-8-3-4-10(13)5-11(8)15-7-9(6-14)12-16-18-19-17-12/h3-5,7,15H,2H2,1H3,(H,16,17,18,19). The number of aromatic nitrogens is 4. The molecule has 96 valence electrons. The third-order valence-corrected chi connectivity index (χ3v) is 2.77. The maximum Gasteiger partial charge on any atom is 0.216 e. The molecule has 1 aromatic carbocycles. The number of benzene rings is 1. The number of aryl methyl sites for hydroxylation is 1. The van der Waals surface area contributed by atoms with Crippen molar-refractivity contribution in [2.24, 2.45) is 0 Å². The van der Waals surface area contributed by atoms with Crippen molar-refractivity contribution < 1.29 is 0 Å². The second kappa shape index (κ2) is 5.98. The summed E-state index contributed by atoms with van der Waals surface area (Å²) < 4.78 is 0. The topological polar surface area (TPSA) is 90.3 Å². The third-order valence-electron chi connectivity index (χ3n) is 2.53. The van der Waals surface area contributed by atoms with Gasteiger partial charge in [0.1, 0.15) is 11.6 Å². The minimum atomic E-state index is 0.245. The van der Waals surface area contributed by atoms with Crippen LogP contribution in [0.25, 0.3) is 5.57 Å². The van der Waals surface area contributed by atoms with Crippen LogP contribution in [0.3, 0.4) is 0 Å². The zero-order chi connectivity index (χ0) is 13.7. The van der Waals surface area contributed by atoms with Crippen LogP contribution >= 0.6 is 11.6 Å². The molecule has 0 radical (unpaired) electrons. The zero-order valence-electron chi connectivity index (χ0n) is 10.2. The Hall–Kier alpha value is -2.39. The first-order chi connectivity index (χ1) is 9.24. The van der Waals surface area contributed by atoms with Gasteiger partial charge in [0.15, 0.2) is 0 Å². The van der Waals surface area contributed by atoms with Crippen LogP contribution in [-0.2, 0) is 6.42 Å². The van der Waals surface area contributed by atoms with E-state index in [-0.39, 0.29) is 11.4 Å². The molecule has 0 atom stereocenters. The smallest absolute Gasteiger partial charge is 0.216 e. The number of hydrogen-bond acceptors (Lipinski definition) is 5. The van der Waals surface area contributed by atoms with Crippen molar-refractivity contribution in [2.75, 3.05) is 5.32 Å². The summed E-state index contributed by atoms with van der Waals surface area (Å²) >= 11 is 5.96. The van der Waals surface area contributed by atoms with Gasteiger partial charge in [-0.25, -0.2) is 0 Å². The Morgan fingerprint density at radius 2 is 2.42 bits per heavy atom. The van der Waals surface area contributed by atoms with Gasteiger partial charge in [-0.2, -0.15) is 10.5 Å². The molecule has 2 N–H and O–H groups in total. The maximum atomic E-state index is 9.05. The lowest BCUT2D eigenvalue weighted by Gasteiger charge is -2.08. The molecule has 0 saturated heterocycles. The number of aromatic amines is 1. The van der Waals surface area contributed by atoms with Crippen LogP contribution in [0.1, 0.15) is 18.3 Å². The molecule has 0 amide bonds. The number of tetrazole rings is 1. The Balaban J connectivity index is 2.26. The minimum Gasteiger partial charge on any atom is -0.360 e. The summed E-state index contributed by atoms with van der Waals surface area (Å²) in [4.78, 5) is 0. The number of nitrogens with zero attached hydrogens (tertiary/aromatic N) is 4. The molecule has 0 unspecified atom stereocenters. The van der Waals surface area contributed by atoms with E-state index in [2.05, 4.69) is 25.9 Å². The molecule has 2 rings (SSSR count). The van der Waals surface area contributed by atoms with E-state index in [1.165, 1.54) is 6.20 Å². The highest BCUT2D eigenvalue weighted by atomic mass is 35.5. The van der Waals surface area contributed by atoms with E-state index in [1.54, 1.807) is 0 Å². The highest BCUT2D eigenvalue weighted by Crippen LogP contribution is 2.22. The molecule has 1 aromatic heterocycles. The number of H-pyrrole nitrogens is 1. The van der Waals surface area contributed by atoms with Gasteiger partial charge in [-0.05, 0) is 29.3 Å². The third kappa shape index (κ3) is 3.09. The van der Waals surface area contributed by atoms with E-state index in [1.807, 2.05) is 31.2 Å². The Kier molecular flexibility index (Phi) is 4.11. The molecule has 6 nitrogen and oxygen atoms in total. The molecule has 7 heteroatoms. The number of anilines is 1. The molecule has 0 saturated carbocycles. The van der Waals surface area contributed by atoms with Gasteiger partial charge in [-0.15, -0.1) is 10.2 Å². The van der Waals surface area contributed by atoms with E-state index < -0.39 is 0 Å². The summed E-state index contributed by atoms with van der Waals surface area (Å²) in [7, 11) is 0. The van der Waals surface area contributed by atoms with Gasteiger partial charge in [-0.3, -0.25) is 0 Å². The van der Waals surface area contributed by atoms with Crippen LogP contribution in [0.4, 0.5) is 5.69 Å². The highest BCUT2D eigenvalue weighted by Gasteiger charge is 2.06. The van der Waals surface area contributed by atoms with Crippen molar-refractivity contribution in [3.63, 3.8) is 0 Å². The highest BCUT2D eigenvalue weighted by molar-refractivity contribution is 6.30. The predicted molar refractivity (Wildman–Crippen MR) is 72.2 cm³/mol. The van der Waals surface area contributed by atoms with Crippen molar-refractivity contribution in [2.45, 2.75) is 13.3 Å². The number of nitrogens with one attached hydrogen (secondary N) is 2. The minimum absolute atomic E-state index is 0.245. The van der Waals surface area contributed by atoms with Crippen molar-refractivity contribution in [1.82, 2.24) is 20.6 Å². The van der Waals surface area contributed by atoms with Crippen LogP contribution in [-0.4, -0.2) is 20.6 Å². The lowest BCUT2D eigenvalue weighted by molar-refractivity contribution is 0.881. The van der Waals surface area contributed by atoms with Crippen molar-refractivity contribution in [3.8, 4) is 6.07 Å². The summed E-state index contributed by atoms with van der Waals surface area (Å²) in [6, 6.07) is 7.59. The Morgan fingerprint density at radius 3 is 3.05 bits per heavy atom. The van der Waals surface area contributed by atoms with Gasteiger partial charge in [0, 0.05) is 16.9 Å². The summed E-state index contributed by atoms with van der Waals surface area (Å²) in [5.41, 5.74) is 2.24. The van der Waals surface area contributed by atoms with E-state index in [0.29, 0.717) is 5.02 Å². The average molecular weight is 275 g/mol. The average Bonchev–Trinajstić information content (AvgIpc) is 2.94. The monoisotopic (exact) mass is 274 g/mol. The molecule has 0 aliphatic carbocycles. The van der Waals surface area contributed by atoms with E-state index >= 15 is 0 Å². The number of allylic oxidation sites excluding steroid dienone is 1. The molecule has 0 aliphatic heterocycles. The first-order valence-electron chi connectivity index (χ1n) is 5.63. The first kappa shape index (κ1) is 13.1. The van der Waals surface area contributed by atoms with Crippen LogP contribution in [0.15, 0.2) is 24.4 Å². The molecule has 0 fully saturated rings. The fourth-order valence-corrected chi connectivity index (χ4v) is 1.74. The Bertz CT molecular complexity index is 626.